The van der Waals surface area contributed by atoms with Gasteiger partial charge in [-0.3, -0.25) is 9.59 Å². The second kappa shape index (κ2) is 6.75. The summed E-state index contributed by atoms with van der Waals surface area (Å²) in [7, 11) is 0. The number of benzene rings is 2. The molecule has 2 aromatic heterocycles. The lowest BCUT2D eigenvalue weighted by Gasteiger charge is -2.34. The van der Waals surface area contributed by atoms with Crippen molar-refractivity contribution in [3.05, 3.63) is 95.4 Å². The van der Waals surface area contributed by atoms with E-state index in [2.05, 4.69) is 15.4 Å². The first kappa shape index (κ1) is 18.7. The van der Waals surface area contributed by atoms with Gasteiger partial charge in [-0.05, 0) is 36.1 Å². The molecule has 4 aromatic rings. The van der Waals surface area contributed by atoms with E-state index in [1.165, 1.54) is 0 Å². The van der Waals surface area contributed by atoms with Crippen LogP contribution >= 0.6 is 0 Å². The molecule has 4 heterocycles. The first-order valence-corrected chi connectivity index (χ1v) is 10.7. The van der Waals surface area contributed by atoms with Crippen LogP contribution in [-0.4, -0.2) is 37.9 Å². The van der Waals surface area contributed by atoms with Crippen molar-refractivity contribution in [3.8, 4) is 0 Å². The number of nitrogens with zero attached hydrogens (tertiary/aromatic N) is 4. The summed E-state index contributed by atoms with van der Waals surface area (Å²) in [5.74, 6) is -0.226. The van der Waals surface area contributed by atoms with Gasteiger partial charge in [0.15, 0.2) is 5.65 Å². The Morgan fingerprint density at radius 3 is 2.72 bits per heavy atom. The standard InChI is InChI=1S/C25H21N5O2/c1-16-13-26-22-18(14-27-30(22)15-16)23(31)29-12-11-25(21(29)17-7-3-2-4-8-17)19-9-5-6-10-20(19)28-24(25)32/h2-10,13-15,21H,11-12H2,1H3,(H,28,32)/t21-,25+/m0/s1. The highest BCUT2D eigenvalue weighted by atomic mass is 16.2. The van der Waals surface area contributed by atoms with E-state index >= 15 is 0 Å². The van der Waals surface area contributed by atoms with Gasteiger partial charge in [0.1, 0.15) is 11.0 Å². The first-order valence-electron chi connectivity index (χ1n) is 10.7. The molecule has 32 heavy (non-hydrogen) atoms. The van der Waals surface area contributed by atoms with Gasteiger partial charge in [0, 0.05) is 24.6 Å². The second-order valence-corrected chi connectivity index (χ2v) is 8.49. The molecule has 1 fully saturated rings. The van der Waals surface area contributed by atoms with E-state index in [-0.39, 0.29) is 11.8 Å². The molecule has 0 bridgehead atoms. The highest BCUT2D eigenvalue weighted by Gasteiger charge is 2.59. The number of fused-ring (bicyclic) bond motifs is 3. The zero-order valence-corrected chi connectivity index (χ0v) is 17.5. The van der Waals surface area contributed by atoms with Crippen LogP contribution in [0.25, 0.3) is 5.65 Å². The molecule has 1 saturated heterocycles. The van der Waals surface area contributed by atoms with Crippen molar-refractivity contribution < 1.29 is 9.59 Å². The molecule has 1 spiro atoms. The maximum absolute atomic E-state index is 13.9. The summed E-state index contributed by atoms with van der Waals surface area (Å²) in [6, 6.07) is 17.2. The Kier molecular flexibility index (Phi) is 3.95. The predicted molar refractivity (Wildman–Crippen MR) is 119 cm³/mol. The molecule has 7 heteroatoms. The summed E-state index contributed by atoms with van der Waals surface area (Å²) in [6.45, 7) is 2.39. The number of carbonyl (C=O) groups is 2. The summed E-state index contributed by atoms with van der Waals surface area (Å²) >= 11 is 0. The van der Waals surface area contributed by atoms with E-state index in [4.69, 9.17) is 0 Å². The SMILES string of the molecule is Cc1cnc2c(C(=O)N3CC[C@]4(C(=O)Nc5ccccc54)[C@@H]3c3ccccc3)cnn2c1. The topological polar surface area (TPSA) is 79.6 Å². The van der Waals surface area contributed by atoms with Crippen LogP contribution in [0.1, 0.15) is 39.5 Å². The Morgan fingerprint density at radius 2 is 1.88 bits per heavy atom. The summed E-state index contributed by atoms with van der Waals surface area (Å²) in [6.07, 6.45) is 5.70. The minimum atomic E-state index is -0.833. The third kappa shape index (κ3) is 2.48. The summed E-state index contributed by atoms with van der Waals surface area (Å²) < 4.78 is 1.63. The van der Waals surface area contributed by atoms with E-state index in [1.807, 2.05) is 72.6 Å². The van der Waals surface area contributed by atoms with Crippen LogP contribution in [0.4, 0.5) is 5.69 Å². The molecule has 158 valence electrons. The number of carbonyl (C=O) groups excluding carboxylic acids is 2. The monoisotopic (exact) mass is 423 g/mol. The number of likely N-dealkylation sites (tertiary alicyclic amines) is 1. The van der Waals surface area contributed by atoms with Crippen LogP contribution in [0.15, 0.2) is 73.2 Å². The van der Waals surface area contributed by atoms with E-state index in [0.29, 0.717) is 24.2 Å². The van der Waals surface area contributed by atoms with Crippen LogP contribution in [-0.2, 0) is 10.2 Å². The van der Waals surface area contributed by atoms with Gasteiger partial charge in [-0.2, -0.15) is 5.10 Å². The summed E-state index contributed by atoms with van der Waals surface area (Å²) in [5.41, 5.74) is 3.79. The minimum Gasteiger partial charge on any atom is -0.330 e. The third-order valence-electron chi connectivity index (χ3n) is 6.68. The Morgan fingerprint density at radius 1 is 1.09 bits per heavy atom. The summed E-state index contributed by atoms with van der Waals surface area (Å²) in [4.78, 5) is 33.6. The van der Waals surface area contributed by atoms with Crippen molar-refractivity contribution >= 4 is 23.1 Å². The van der Waals surface area contributed by atoms with Gasteiger partial charge in [-0.25, -0.2) is 9.50 Å². The average molecular weight is 423 g/mol. The number of amides is 2. The molecule has 0 unspecified atom stereocenters. The normalized spacial score (nSPS) is 21.8. The molecular formula is C25H21N5O2. The Labute approximate surface area is 184 Å². The fourth-order valence-electron chi connectivity index (χ4n) is 5.28. The zero-order valence-electron chi connectivity index (χ0n) is 17.5. The summed E-state index contributed by atoms with van der Waals surface area (Å²) in [5, 5.41) is 7.39. The van der Waals surface area contributed by atoms with E-state index < -0.39 is 11.5 Å². The lowest BCUT2D eigenvalue weighted by molar-refractivity contribution is -0.121. The maximum Gasteiger partial charge on any atom is 0.259 e. The van der Waals surface area contributed by atoms with Gasteiger partial charge in [0.2, 0.25) is 5.91 Å². The Hall–Kier alpha value is -4.00. The fourth-order valence-corrected chi connectivity index (χ4v) is 5.28. The molecule has 1 N–H and O–H groups in total. The average Bonchev–Trinajstić information content (AvgIpc) is 3.49. The van der Waals surface area contributed by atoms with Crippen LogP contribution < -0.4 is 5.32 Å². The van der Waals surface area contributed by atoms with Crippen molar-refractivity contribution in [2.45, 2.75) is 24.8 Å². The van der Waals surface area contributed by atoms with Crippen molar-refractivity contribution in [3.63, 3.8) is 0 Å². The number of rotatable bonds is 2. The minimum absolute atomic E-state index is 0.0588. The van der Waals surface area contributed by atoms with Crippen LogP contribution in [0, 0.1) is 6.92 Å². The van der Waals surface area contributed by atoms with Crippen molar-refractivity contribution in [2.24, 2.45) is 0 Å². The smallest absolute Gasteiger partial charge is 0.259 e. The van der Waals surface area contributed by atoms with Crippen LogP contribution in [0.3, 0.4) is 0 Å². The molecular weight excluding hydrogens is 402 g/mol. The van der Waals surface area contributed by atoms with Crippen molar-refractivity contribution in [1.82, 2.24) is 19.5 Å². The van der Waals surface area contributed by atoms with E-state index in [1.54, 1.807) is 16.9 Å². The maximum atomic E-state index is 13.9. The Balaban J connectivity index is 1.51. The van der Waals surface area contributed by atoms with E-state index in [0.717, 1.165) is 22.4 Å². The van der Waals surface area contributed by atoms with Gasteiger partial charge < -0.3 is 10.2 Å². The number of anilines is 1. The zero-order chi connectivity index (χ0) is 21.9. The molecule has 6 rings (SSSR count). The van der Waals surface area contributed by atoms with Gasteiger partial charge in [-0.1, -0.05) is 48.5 Å². The van der Waals surface area contributed by atoms with Gasteiger partial charge in [0.25, 0.3) is 5.91 Å². The lowest BCUT2D eigenvalue weighted by atomic mass is 9.72. The number of aryl methyl sites for hydroxylation is 1. The highest BCUT2D eigenvalue weighted by molar-refractivity contribution is 6.08. The Bertz CT molecular complexity index is 1380. The number of aromatic nitrogens is 3. The largest absolute Gasteiger partial charge is 0.330 e. The molecule has 2 atom stereocenters. The third-order valence-corrected chi connectivity index (χ3v) is 6.68. The molecule has 0 radical (unpaired) electrons. The van der Waals surface area contributed by atoms with Crippen LogP contribution in [0.5, 0.6) is 0 Å². The number of para-hydroxylation sites is 1. The van der Waals surface area contributed by atoms with Gasteiger partial charge >= 0.3 is 0 Å². The molecule has 0 saturated carbocycles. The lowest BCUT2D eigenvalue weighted by Crippen LogP contribution is -2.42. The molecule has 0 aliphatic carbocycles. The van der Waals surface area contributed by atoms with Crippen molar-refractivity contribution in [1.29, 1.82) is 0 Å². The van der Waals surface area contributed by atoms with Crippen molar-refractivity contribution in [2.75, 3.05) is 11.9 Å². The number of nitrogens with one attached hydrogen (secondary N) is 1. The first-order chi connectivity index (χ1) is 15.6. The number of hydrogen-bond donors (Lipinski definition) is 1. The highest BCUT2D eigenvalue weighted by Crippen LogP contribution is 2.54. The number of hydrogen-bond acceptors (Lipinski definition) is 4. The predicted octanol–water partition coefficient (Wildman–Crippen LogP) is 3.52. The second-order valence-electron chi connectivity index (χ2n) is 8.49. The molecule has 7 nitrogen and oxygen atoms in total. The van der Waals surface area contributed by atoms with Gasteiger partial charge in [-0.15, -0.1) is 0 Å². The van der Waals surface area contributed by atoms with Crippen LogP contribution in [0.2, 0.25) is 0 Å². The molecule has 2 aliphatic rings. The molecule has 2 aliphatic heterocycles. The molecule has 2 aromatic carbocycles. The van der Waals surface area contributed by atoms with Gasteiger partial charge in [0.05, 0.1) is 12.2 Å². The quantitative estimate of drug-likeness (QED) is 0.535. The molecule has 2 amide bonds. The fraction of sp³-hybridized carbons (Fsp3) is 0.200. The van der Waals surface area contributed by atoms with E-state index in [9.17, 15) is 9.59 Å².